The summed E-state index contributed by atoms with van der Waals surface area (Å²) >= 11 is 5.19. The van der Waals surface area contributed by atoms with Gasteiger partial charge in [-0.1, -0.05) is 29.8 Å². The molecule has 0 aliphatic rings. The Kier molecular flexibility index (Phi) is 5.12. The van der Waals surface area contributed by atoms with Crippen LogP contribution in [0.4, 0.5) is 5.69 Å². The van der Waals surface area contributed by atoms with Gasteiger partial charge in [-0.3, -0.25) is 15.6 Å². The van der Waals surface area contributed by atoms with E-state index in [9.17, 15) is 4.79 Å². The molecular weight excluding hydrogens is 294 g/mol. The van der Waals surface area contributed by atoms with Gasteiger partial charge in [0.05, 0.1) is 0 Å². The van der Waals surface area contributed by atoms with E-state index in [2.05, 4.69) is 16.2 Å². The lowest BCUT2D eigenvalue weighted by Gasteiger charge is -2.14. The predicted octanol–water partition coefficient (Wildman–Crippen LogP) is 3.24. The van der Waals surface area contributed by atoms with E-state index in [1.54, 1.807) is 12.1 Å². The number of hydrogen-bond acceptors (Lipinski definition) is 2. The van der Waals surface area contributed by atoms with Crippen LogP contribution in [-0.2, 0) is 0 Å². The summed E-state index contributed by atoms with van der Waals surface area (Å²) in [4.78, 5) is 12.0. The molecule has 2 aromatic rings. The zero-order valence-corrected chi connectivity index (χ0v) is 13.7. The van der Waals surface area contributed by atoms with Gasteiger partial charge in [-0.15, -0.1) is 0 Å². The Morgan fingerprint density at radius 1 is 0.909 bits per heavy atom. The number of thiocarbonyl (C=S) groups is 1. The van der Waals surface area contributed by atoms with Crippen molar-refractivity contribution in [2.75, 3.05) is 5.32 Å². The maximum absolute atomic E-state index is 12.0. The third-order valence-electron chi connectivity index (χ3n) is 3.24. The van der Waals surface area contributed by atoms with E-state index in [4.69, 9.17) is 12.2 Å². The molecule has 0 aliphatic carbocycles. The zero-order chi connectivity index (χ0) is 16.1. The number of anilines is 1. The monoisotopic (exact) mass is 313 g/mol. The SMILES string of the molecule is Cc1ccc(C(=O)NNC(=S)Nc2cc(C)ccc2C)cc1. The van der Waals surface area contributed by atoms with Gasteiger partial charge in [0.15, 0.2) is 5.11 Å². The van der Waals surface area contributed by atoms with E-state index in [1.807, 2.05) is 51.1 Å². The van der Waals surface area contributed by atoms with E-state index in [1.165, 1.54) is 0 Å². The molecule has 2 rings (SSSR count). The summed E-state index contributed by atoms with van der Waals surface area (Å²) in [6.07, 6.45) is 0. The first-order chi connectivity index (χ1) is 10.5. The van der Waals surface area contributed by atoms with Gasteiger partial charge in [0.1, 0.15) is 0 Å². The Morgan fingerprint density at radius 2 is 1.55 bits per heavy atom. The van der Waals surface area contributed by atoms with Crippen molar-refractivity contribution < 1.29 is 4.79 Å². The van der Waals surface area contributed by atoms with Gasteiger partial charge in [-0.25, -0.2) is 0 Å². The molecule has 0 aromatic heterocycles. The fourth-order valence-corrected chi connectivity index (χ4v) is 2.08. The number of aryl methyl sites for hydroxylation is 3. The van der Waals surface area contributed by atoms with Crippen molar-refractivity contribution >= 4 is 28.9 Å². The molecular formula is C17H19N3OS. The minimum atomic E-state index is -0.231. The van der Waals surface area contributed by atoms with Crippen LogP contribution in [0.25, 0.3) is 0 Å². The summed E-state index contributed by atoms with van der Waals surface area (Å²) in [7, 11) is 0. The molecule has 5 heteroatoms. The van der Waals surface area contributed by atoms with Crippen LogP contribution >= 0.6 is 12.2 Å². The Morgan fingerprint density at radius 3 is 2.23 bits per heavy atom. The van der Waals surface area contributed by atoms with Gasteiger partial charge in [0, 0.05) is 11.3 Å². The molecule has 0 radical (unpaired) electrons. The normalized spacial score (nSPS) is 9.95. The van der Waals surface area contributed by atoms with Crippen LogP contribution in [0.15, 0.2) is 42.5 Å². The molecule has 0 spiro atoms. The molecule has 2 aromatic carbocycles. The number of nitrogens with one attached hydrogen (secondary N) is 3. The third-order valence-corrected chi connectivity index (χ3v) is 3.45. The van der Waals surface area contributed by atoms with Gasteiger partial charge < -0.3 is 5.32 Å². The summed E-state index contributed by atoms with van der Waals surface area (Å²) in [5.41, 5.74) is 10.1. The van der Waals surface area contributed by atoms with Crippen LogP contribution in [0.5, 0.6) is 0 Å². The summed E-state index contributed by atoms with van der Waals surface area (Å²) in [6, 6.07) is 13.4. The van der Waals surface area contributed by atoms with E-state index in [-0.39, 0.29) is 5.91 Å². The molecule has 0 heterocycles. The predicted molar refractivity (Wildman–Crippen MR) is 93.9 cm³/mol. The lowest BCUT2D eigenvalue weighted by molar-refractivity contribution is 0.0944. The van der Waals surface area contributed by atoms with Crippen molar-refractivity contribution in [2.24, 2.45) is 0 Å². The second-order valence-corrected chi connectivity index (χ2v) is 5.63. The van der Waals surface area contributed by atoms with Crippen LogP contribution in [0.1, 0.15) is 27.0 Å². The number of benzene rings is 2. The molecule has 0 aliphatic heterocycles. The van der Waals surface area contributed by atoms with Crippen LogP contribution in [0.3, 0.4) is 0 Å². The number of amides is 1. The van der Waals surface area contributed by atoms with Crippen LogP contribution in [0, 0.1) is 20.8 Å². The smallest absolute Gasteiger partial charge is 0.269 e. The quantitative estimate of drug-likeness (QED) is 0.588. The highest BCUT2D eigenvalue weighted by molar-refractivity contribution is 7.80. The first-order valence-electron chi connectivity index (χ1n) is 6.97. The largest absolute Gasteiger partial charge is 0.331 e. The van der Waals surface area contributed by atoms with Crippen molar-refractivity contribution in [1.29, 1.82) is 0 Å². The Bertz CT molecular complexity index is 696. The third kappa shape index (κ3) is 4.30. The van der Waals surface area contributed by atoms with Gasteiger partial charge in [0.25, 0.3) is 5.91 Å². The van der Waals surface area contributed by atoms with E-state index < -0.39 is 0 Å². The minimum absolute atomic E-state index is 0.231. The maximum Gasteiger partial charge on any atom is 0.269 e. The molecule has 4 nitrogen and oxygen atoms in total. The lowest BCUT2D eigenvalue weighted by atomic mass is 10.1. The highest BCUT2D eigenvalue weighted by Crippen LogP contribution is 2.15. The van der Waals surface area contributed by atoms with Gasteiger partial charge >= 0.3 is 0 Å². The fourth-order valence-electron chi connectivity index (χ4n) is 1.91. The van der Waals surface area contributed by atoms with Crippen LogP contribution < -0.4 is 16.2 Å². The summed E-state index contributed by atoms with van der Waals surface area (Å²) in [6.45, 7) is 5.98. The van der Waals surface area contributed by atoms with Crippen LogP contribution in [0.2, 0.25) is 0 Å². The molecule has 0 bridgehead atoms. The number of hydrazine groups is 1. The Labute approximate surface area is 135 Å². The first kappa shape index (κ1) is 16.0. The molecule has 0 saturated heterocycles. The Balaban J connectivity index is 1.91. The maximum atomic E-state index is 12.0. The first-order valence-corrected chi connectivity index (χ1v) is 7.38. The summed E-state index contributed by atoms with van der Waals surface area (Å²) < 4.78 is 0. The number of carbonyl (C=O) groups excluding carboxylic acids is 1. The average molecular weight is 313 g/mol. The van der Waals surface area contributed by atoms with E-state index >= 15 is 0 Å². The fraction of sp³-hybridized carbons (Fsp3) is 0.176. The van der Waals surface area contributed by atoms with Crippen molar-refractivity contribution in [3.8, 4) is 0 Å². The van der Waals surface area contributed by atoms with Crippen molar-refractivity contribution in [2.45, 2.75) is 20.8 Å². The molecule has 0 saturated carbocycles. The van der Waals surface area contributed by atoms with E-state index in [0.29, 0.717) is 10.7 Å². The molecule has 22 heavy (non-hydrogen) atoms. The van der Waals surface area contributed by atoms with Gasteiger partial charge in [-0.05, 0) is 62.3 Å². The van der Waals surface area contributed by atoms with Crippen molar-refractivity contribution in [3.05, 3.63) is 64.7 Å². The van der Waals surface area contributed by atoms with Gasteiger partial charge in [0.2, 0.25) is 0 Å². The average Bonchev–Trinajstić information content (AvgIpc) is 2.49. The second kappa shape index (κ2) is 7.04. The topological polar surface area (TPSA) is 53.2 Å². The minimum Gasteiger partial charge on any atom is -0.331 e. The van der Waals surface area contributed by atoms with Crippen LogP contribution in [-0.4, -0.2) is 11.0 Å². The van der Waals surface area contributed by atoms with Crippen molar-refractivity contribution in [1.82, 2.24) is 10.9 Å². The molecule has 3 N–H and O–H groups in total. The molecule has 0 fully saturated rings. The Hall–Kier alpha value is -2.40. The number of rotatable bonds is 2. The molecule has 1 amide bonds. The highest BCUT2D eigenvalue weighted by Gasteiger charge is 2.06. The standard InChI is InChI=1S/C17H19N3OS/c1-11-5-8-14(9-6-11)16(21)19-20-17(22)18-15-10-12(2)4-7-13(15)3/h4-10H,1-3H3,(H,19,21)(H2,18,20,22). The highest BCUT2D eigenvalue weighted by atomic mass is 32.1. The molecule has 0 atom stereocenters. The summed E-state index contributed by atoms with van der Waals surface area (Å²) in [5.74, 6) is -0.231. The van der Waals surface area contributed by atoms with E-state index in [0.717, 1.165) is 22.4 Å². The zero-order valence-electron chi connectivity index (χ0n) is 12.9. The van der Waals surface area contributed by atoms with Gasteiger partial charge in [-0.2, -0.15) is 0 Å². The van der Waals surface area contributed by atoms with Crippen molar-refractivity contribution in [3.63, 3.8) is 0 Å². The molecule has 114 valence electrons. The molecule has 0 unspecified atom stereocenters. The number of carbonyl (C=O) groups is 1. The number of hydrogen-bond donors (Lipinski definition) is 3. The summed E-state index contributed by atoms with van der Waals surface area (Å²) in [5, 5.41) is 3.41. The second-order valence-electron chi connectivity index (χ2n) is 5.22. The lowest BCUT2D eigenvalue weighted by Crippen LogP contribution is -2.43.